The molecule has 0 bridgehead atoms. The van der Waals surface area contributed by atoms with Crippen molar-refractivity contribution in [2.45, 2.75) is 25.9 Å². The number of amides is 3. The normalized spacial score (nSPS) is 14.6. The van der Waals surface area contributed by atoms with E-state index in [0.29, 0.717) is 30.6 Å². The van der Waals surface area contributed by atoms with Gasteiger partial charge in [0.1, 0.15) is 0 Å². The lowest BCUT2D eigenvalue weighted by molar-refractivity contribution is 0.102. The van der Waals surface area contributed by atoms with Crippen molar-refractivity contribution in [3.63, 3.8) is 0 Å². The van der Waals surface area contributed by atoms with Crippen molar-refractivity contribution in [3.8, 4) is 6.07 Å². The molecule has 0 atom stereocenters. The van der Waals surface area contributed by atoms with Gasteiger partial charge in [0, 0.05) is 43.1 Å². The van der Waals surface area contributed by atoms with E-state index in [9.17, 15) is 14.9 Å². The highest BCUT2D eigenvalue weighted by Gasteiger charge is 2.26. The molecular formula is C28H27N5O2. The molecule has 3 aromatic carbocycles. The summed E-state index contributed by atoms with van der Waals surface area (Å²) in [5.74, 6) is -0.181. The summed E-state index contributed by atoms with van der Waals surface area (Å²) < 4.78 is 0. The van der Waals surface area contributed by atoms with Crippen LogP contribution < -0.4 is 15.5 Å². The molecule has 5 rings (SSSR count). The van der Waals surface area contributed by atoms with Crippen LogP contribution >= 0.6 is 0 Å². The third-order valence-corrected chi connectivity index (χ3v) is 6.69. The van der Waals surface area contributed by atoms with Gasteiger partial charge in [-0.3, -0.25) is 9.69 Å². The van der Waals surface area contributed by atoms with Crippen molar-refractivity contribution in [1.82, 2.24) is 10.2 Å². The van der Waals surface area contributed by atoms with Gasteiger partial charge < -0.3 is 15.5 Å². The lowest BCUT2D eigenvalue weighted by Gasteiger charge is -2.25. The predicted molar refractivity (Wildman–Crippen MR) is 135 cm³/mol. The number of nitrogens with zero attached hydrogens (tertiary/aromatic N) is 3. The first-order valence-electron chi connectivity index (χ1n) is 11.8. The largest absolute Gasteiger partial charge is 0.334 e. The van der Waals surface area contributed by atoms with Gasteiger partial charge in [0.25, 0.3) is 5.91 Å². The minimum Gasteiger partial charge on any atom is -0.334 e. The number of hydrogen-bond acceptors (Lipinski definition) is 4. The monoisotopic (exact) mass is 465 g/mol. The minimum atomic E-state index is -0.215. The van der Waals surface area contributed by atoms with Crippen molar-refractivity contribution in [2.75, 3.05) is 30.4 Å². The number of carbonyl (C=O) groups excluding carboxylic acids is 2. The van der Waals surface area contributed by atoms with Crippen LogP contribution in [0.4, 0.5) is 16.2 Å². The van der Waals surface area contributed by atoms with Crippen LogP contribution in [-0.4, -0.2) is 37.0 Å². The Kier molecular flexibility index (Phi) is 6.21. The number of carbonyl (C=O) groups is 2. The zero-order valence-electron chi connectivity index (χ0n) is 19.7. The Hall–Kier alpha value is -4.15. The molecule has 0 unspecified atom stereocenters. The van der Waals surface area contributed by atoms with Crippen molar-refractivity contribution >= 4 is 23.3 Å². The maximum absolute atomic E-state index is 12.9. The standard InChI is InChI=1S/C28H27N5O2/c1-32-12-10-20-8-9-24(15-23(20)18-32)31-27(34)21-5-2-4-19(14-21)17-30-28(35)33-13-11-25-22(16-29)6-3-7-26(25)33/h2-9,14-15H,10-13,17-18H2,1H3,(H,30,35)(H,31,34). The Balaban J connectivity index is 1.22. The lowest BCUT2D eigenvalue weighted by atomic mass is 9.99. The molecule has 35 heavy (non-hydrogen) atoms. The van der Waals surface area contributed by atoms with E-state index in [0.717, 1.165) is 42.0 Å². The second-order valence-corrected chi connectivity index (χ2v) is 9.10. The van der Waals surface area contributed by atoms with E-state index >= 15 is 0 Å². The number of hydrogen-bond donors (Lipinski definition) is 2. The predicted octanol–water partition coefficient (Wildman–Crippen LogP) is 4.07. The Morgan fingerprint density at radius 2 is 1.86 bits per heavy atom. The molecule has 0 saturated carbocycles. The van der Waals surface area contributed by atoms with Crippen LogP contribution in [0.15, 0.2) is 60.7 Å². The molecule has 3 aromatic rings. The number of anilines is 2. The summed E-state index contributed by atoms with van der Waals surface area (Å²) in [5, 5.41) is 15.2. The fraction of sp³-hybridized carbons (Fsp3) is 0.250. The van der Waals surface area contributed by atoms with E-state index in [2.05, 4.69) is 40.8 Å². The maximum Gasteiger partial charge on any atom is 0.322 e. The highest BCUT2D eigenvalue weighted by molar-refractivity contribution is 6.04. The number of urea groups is 1. The molecule has 2 N–H and O–H groups in total. The average Bonchev–Trinajstić information content (AvgIpc) is 3.32. The van der Waals surface area contributed by atoms with Crippen LogP contribution in [0.1, 0.15) is 38.2 Å². The van der Waals surface area contributed by atoms with E-state index in [1.54, 1.807) is 29.2 Å². The molecule has 3 amide bonds. The van der Waals surface area contributed by atoms with E-state index in [-0.39, 0.29) is 11.9 Å². The third kappa shape index (κ3) is 4.75. The molecule has 7 heteroatoms. The summed E-state index contributed by atoms with van der Waals surface area (Å²) >= 11 is 0. The maximum atomic E-state index is 12.9. The number of rotatable bonds is 4. The molecule has 2 aliphatic heterocycles. The first kappa shape index (κ1) is 22.6. The third-order valence-electron chi connectivity index (χ3n) is 6.69. The Morgan fingerprint density at radius 1 is 1.00 bits per heavy atom. The SMILES string of the molecule is CN1CCc2ccc(NC(=O)c3cccc(CNC(=O)N4CCc5c(C#N)cccc54)c3)cc2C1. The van der Waals surface area contributed by atoms with Crippen LogP contribution in [0, 0.1) is 11.3 Å². The quantitative estimate of drug-likeness (QED) is 0.608. The van der Waals surface area contributed by atoms with Crippen molar-refractivity contribution < 1.29 is 9.59 Å². The number of likely N-dealkylation sites (N-methyl/N-ethyl adjacent to an activating group) is 1. The Bertz CT molecular complexity index is 1340. The summed E-state index contributed by atoms with van der Waals surface area (Å²) in [6.07, 6.45) is 1.69. The number of nitrogens with one attached hydrogen (secondary N) is 2. The van der Waals surface area contributed by atoms with Gasteiger partial charge in [0.15, 0.2) is 0 Å². The van der Waals surface area contributed by atoms with Gasteiger partial charge >= 0.3 is 6.03 Å². The fourth-order valence-electron chi connectivity index (χ4n) is 4.82. The fourth-order valence-corrected chi connectivity index (χ4v) is 4.82. The molecular weight excluding hydrogens is 438 g/mol. The molecule has 0 saturated heterocycles. The van der Waals surface area contributed by atoms with Crippen LogP contribution in [0.2, 0.25) is 0 Å². The van der Waals surface area contributed by atoms with Crippen LogP contribution in [0.3, 0.4) is 0 Å². The van der Waals surface area contributed by atoms with E-state index in [1.165, 1.54) is 11.1 Å². The lowest BCUT2D eigenvalue weighted by Crippen LogP contribution is -2.38. The second kappa shape index (κ2) is 9.61. The zero-order valence-corrected chi connectivity index (χ0v) is 19.7. The Morgan fingerprint density at radius 3 is 2.71 bits per heavy atom. The summed E-state index contributed by atoms with van der Waals surface area (Å²) in [7, 11) is 2.10. The molecule has 0 fully saturated rings. The summed E-state index contributed by atoms with van der Waals surface area (Å²) in [6, 6.07) is 20.8. The summed E-state index contributed by atoms with van der Waals surface area (Å²) in [6.45, 7) is 2.77. The molecule has 7 nitrogen and oxygen atoms in total. The highest BCUT2D eigenvalue weighted by atomic mass is 16.2. The smallest absolute Gasteiger partial charge is 0.322 e. The second-order valence-electron chi connectivity index (χ2n) is 9.10. The minimum absolute atomic E-state index is 0.181. The molecule has 0 aromatic heterocycles. The van der Waals surface area contributed by atoms with Gasteiger partial charge in [-0.05, 0) is 78.5 Å². The number of benzene rings is 3. The van der Waals surface area contributed by atoms with Crippen molar-refractivity contribution in [2.24, 2.45) is 0 Å². The average molecular weight is 466 g/mol. The molecule has 0 aliphatic carbocycles. The van der Waals surface area contributed by atoms with Gasteiger partial charge in [0.05, 0.1) is 11.6 Å². The molecule has 2 heterocycles. The van der Waals surface area contributed by atoms with E-state index in [4.69, 9.17) is 0 Å². The van der Waals surface area contributed by atoms with Gasteiger partial charge in [0.2, 0.25) is 0 Å². The molecule has 176 valence electrons. The topological polar surface area (TPSA) is 88.5 Å². The highest BCUT2D eigenvalue weighted by Crippen LogP contribution is 2.30. The van der Waals surface area contributed by atoms with Gasteiger partial charge in [-0.15, -0.1) is 0 Å². The van der Waals surface area contributed by atoms with Gasteiger partial charge in [-0.2, -0.15) is 5.26 Å². The Labute approximate surface area is 205 Å². The van der Waals surface area contributed by atoms with E-state index < -0.39 is 0 Å². The van der Waals surface area contributed by atoms with Crippen molar-refractivity contribution in [1.29, 1.82) is 5.26 Å². The van der Waals surface area contributed by atoms with Gasteiger partial charge in [-0.1, -0.05) is 24.3 Å². The number of nitriles is 1. The molecule has 0 spiro atoms. The number of fused-ring (bicyclic) bond motifs is 2. The van der Waals surface area contributed by atoms with Crippen LogP contribution in [0.25, 0.3) is 0 Å². The first-order valence-corrected chi connectivity index (χ1v) is 11.8. The first-order chi connectivity index (χ1) is 17.0. The molecule has 2 aliphatic rings. The van der Waals surface area contributed by atoms with Crippen LogP contribution in [0.5, 0.6) is 0 Å². The van der Waals surface area contributed by atoms with Crippen LogP contribution in [-0.2, 0) is 25.9 Å². The van der Waals surface area contributed by atoms with Gasteiger partial charge in [-0.25, -0.2) is 4.79 Å². The summed E-state index contributed by atoms with van der Waals surface area (Å²) in [4.78, 5) is 29.7. The van der Waals surface area contributed by atoms with Crippen molar-refractivity contribution in [3.05, 3.63) is 94.0 Å². The summed E-state index contributed by atoms with van der Waals surface area (Å²) in [5.41, 5.74) is 7.06. The zero-order chi connectivity index (χ0) is 24.4. The van der Waals surface area contributed by atoms with E-state index in [1.807, 2.05) is 24.3 Å². The molecule has 0 radical (unpaired) electrons.